The van der Waals surface area contributed by atoms with Crippen molar-refractivity contribution in [2.45, 2.75) is 18.9 Å². The maximum absolute atomic E-state index is 13.1. The summed E-state index contributed by atoms with van der Waals surface area (Å²) >= 11 is 0. The first-order valence-electron chi connectivity index (χ1n) is 8.30. The number of anilines is 1. The summed E-state index contributed by atoms with van der Waals surface area (Å²) in [7, 11) is 0. The molecule has 27 heavy (non-hydrogen) atoms. The van der Waals surface area contributed by atoms with Gasteiger partial charge < -0.3 is 28.3 Å². The number of Topliss-reactive ketones (excluding diaryl/α,β-unsaturated/α-hetero) is 1. The van der Waals surface area contributed by atoms with Crippen LogP contribution in [0.25, 0.3) is 10.8 Å². The lowest BCUT2D eigenvalue weighted by atomic mass is 9.93. The van der Waals surface area contributed by atoms with Gasteiger partial charge in [-0.15, -0.1) is 12.4 Å². The van der Waals surface area contributed by atoms with Gasteiger partial charge in [-0.05, 0) is 29.7 Å². The first-order chi connectivity index (χ1) is 12.4. The molecule has 0 spiro atoms. The van der Waals surface area contributed by atoms with E-state index in [0.717, 1.165) is 10.8 Å². The Kier molecular flexibility index (Phi) is 8.50. The van der Waals surface area contributed by atoms with Crippen LogP contribution in [0.4, 0.5) is 5.69 Å². The summed E-state index contributed by atoms with van der Waals surface area (Å²) in [5.74, 6) is -0.688. The van der Waals surface area contributed by atoms with Gasteiger partial charge in [-0.25, -0.2) is 0 Å². The number of amides is 1. The van der Waals surface area contributed by atoms with Crippen LogP contribution in [-0.4, -0.2) is 36.8 Å². The zero-order chi connectivity index (χ0) is 19.1. The SMILES string of the molecule is Cl.NCC(=O)N[C@@H](CCCN=C(N)N)C(=O)c1c(N)ccc2ccccc12. The van der Waals surface area contributed by atoms with Crippen molar-refractivity contribution >= 4 is 46.5 Å². The quantitative estimate of drug-likeness (QED) is 0.144. The molecule has 0 unspecified atom stereocenters. The molecule has 2 aromatic rings. The van der Waals surface area contributed by atoms with Gasteiger partial charge in [0, 0.05) is 12.2 Å². The van der Waals surface area contributed by atoms with Gasteiger partial charge in [-0.1, -0.05) is 30.3 Å². The average Bonchev–Trinajstić information content (AvgIpc) is 2.63. The third-order valence-corrected chi connectivity index (χ3v) is 3.99. The first-order valence-corrected chi connectivity index (χ1v) is 8.30. The monoisotopic (exact) mass is 392 g/mol. The molecule has 9 heteroatoms. The molecule has 0 aliphatic heterocycles. The van der Waals surface area contributed by atoms with Crippen LogP contribution in [0, 0.1) is 0 Å². The number of nitrogens with one attached hydrogen (secondary N) is 1. The molecular weight excluding hydrogens is 368 g/mol. The average molecular weight is 393 g/mol. The summed E-state index contributed by atoms with van der Waals surface area (Å²) in [6, 6.07) is 10.2. The summed E-state index contributed by atoms with van der Waals surface area (Å²) in [5, 5.41) is 4.31. The highest BCUT2D eigenvalue weighted by atomic mass is 35.5. The smallest absolute Gasteiger partial charge is 0.234 e. The predicted octanol–water partition coefficient (Wildman–Crippen LogP) is 0.524. The Balaban J connectivity index is 0.00000364. The number of rotatable bonds is 8. The fourth-order valence-electron chi connectivity index (χ4n) is 2.76. The van der Waals surface area contributed by atoms with Crippen molar-refractivity contribution in [2.24, 2.45) is 22.2 Å². The minimum atomic E-state index is -0.756. The molecule has 1 amide bonds. The van der Waals surface area contributed by atoms with Crippen molar-refractivity contribution in [3.05, 3.63) is 42.0 Å². The van der Waals surface area contributed by atoms with Crippen LogP contribution in [0.3, 0.4) is 0 Å². The number of carbonyl (C=O) groups is 2. The maximum atomic E-state index is 13.1. The van der Waals surface area contributed by atoms with E-state index in [1.807, 2.05) is 30.3 Å². The highest BCUT2D eigenvalue weighted by molar-refractivity contribution is 6.15. The molecule has 2 aromatic carbocycles. The van der Waals surface area contributed by atoms with Crippen LogP contribution in [0.2, 0.25) is 0 Å². The molecule has 8 nitrogen and oxygen atoms in total. The zero-order valence-corrected chi connectivity index (χ0v) is 15.7. The van der Waals surface area contributed by atoms with Crippen LogP contribution in [0.15, 0.2) is 41.4 Å². The van der Waals surface area contributed by atoms with E-state index in [1.165, 1.54) is 0 Å². The molecule has 0 saturated carbocycles. The van der Waals surface area contributed by atoms with Crippen LogP contribution in [0.1, 0.15) is 23.2 Å². The maximum Gasteiger partial charge on any atom is 0.234 e. The van der Waals surface area contributed by atoms with Crippen LogP contribution < -0.4 is 28.3 Å². The van der Waals surface area contributed by atoms with Crippen molar-refractivity contribution in [1.29, 1.82) is 0 Å². The lowest BCUT2D eigenvalue weighted by Gasteiger charge is -2.19. The van der Waals surface area contributed by atoms with Crippen LogP contribution >= 0.6 is 12.4 Å². The minimum Gasteiger partial charge on any atom is -0.398 e. The summed E-state index contributed by atoms with van der Waals surface area (Å²) < 4.78 is 0. The van der Waals surface area contributed by atoms with Crippen molar-refractivity contribution in [1.82, 2.24) is 5.32 Å². The number of halogens is 1. The third kappa shape index (κ3) is 5.83. The Morgan fingerprint density at radius 2 is 1.81 bits per heavy atom. The van der Waals surface area contributed by atoms with E-state index < -0.39 is 11.9 Å². The summed E-state index contributed by atoms with van der Waals surface area (Å²) in [6.45, 7) is 0.151. The number of carbonyl (C=O) groups excluding carboxylic acids is 2. The molecule has 0 fully saturated rings. The minimum absolute atomic E-state index is 0. The zero-order valence-electron chi connectivity index (χ0n) is 14.9. The van der Waals surface area contributed by atoms with Crippen molar-refractivity contribution in [3.63, 3.8) is 0 Å². The normalized spacial score (nSPS) is 11.3. The number of aliphatic imine (C=N–C) groups is 1. The number of nitrogens with two attached hydrogens (primary N) is 4. The number of benzene rings is 2. The van der Waals surface area contributed by atoms with E-state index in [9.17, 15) is 9.59 Å². The van der Waals surface area contributed by atoms with Crippen LogP contribution in [0.5, 0.6) is 0 Å². The highest BCUT2D eigenvalue weighted by Gasteiger charge is 2.24. The Bertz CT molecular complexity index is 836. The number of nitrogen functional groups attached to an aromatic ring is 1. The summed E-state index contributed by atoms with van der Waals surface area (Å²) in [5.41, 5.74) is 22.8. The number of hydrogen-bond acceptors (Lipinski definition) is 5. The standard InChI is InChI=1S/C18H24N6O2.ClH/c19-10-15(25)24-14(6-3-9-23-18(21)22)17(26)16-12-5-2-1-4-11(12)7-8-13(16)20;/h1-2,4-5,7-8,14H,3,6,9-10,19-20H2,(H,24,25)(H4,21,22,23);1H/t14-;/m0./s1. The molecule has 0 heterocycles. The molecule has 0 bridgehead atoms. The molecule has 1 atom stereocenters. The number of hydrogen-bond donors (Lipinski definition) is 5. The number of ketones is 1. The van der Waals surface area contributed by atoms with Crippen molar-refractivity contribution in [3.8, 4) is 0 Å². The van der Waals surface area contributed by atoms with Gasteiger partial charge in [0.1, 0.15) is 0 Å². The van der Waals surface area contributed by atoms with Crippen LogP contribution in [-0.2, 0) is 4.79 Å². The fraction of sp³-hybridized carbons (Fsp3) is 0.278. The van der Waals surface area contributed by atoms with E-state index in [0.29, 0.717) is 30.6 Å². The van der Waals surface area contributed by atoms with E-state index in [1.54, 1.807) is 6.07 Å². The van der Waals surface area contributed by atoms with Gasteiger partial charge in [0.2, 0.25) is 5.91 Å². The first kappa shape index (κ1) is 22.2. The number of fused-ring (bicyclic) bond motifs is 1. The number of nitrogens with zero attached hydrogens (tertiary/aromatic N) is 1. The van der Waals surface area contributed by atoms with E-state index in [4.69, 9.17) is 22.9 Å². The molecule has 2 rings (SSSR count). The van der Waals surface area contributed by atoms with Crippen molar-refractivity contribution in [2.75, 3.05) is 18.8 Å². The Labute approximate surface area is 163 Å². The molecular formula is C18H25ClN6O2. The topological polar surface area (TPSA) is 163 Å². The lowest BCUT2D eigenvalue weighted by Crippen LogP contribution is -2.44. The van der Waals surface area contributed by atoms with E-state index in [2.05, 4.69) is 10.3 Å². The van der Waals surface area contributed by atoms with Gasteiger partial charge in [-0.2, -0.15) is 0 Å². The van der Waals surface area contributed by atoms with Crippen molar-refractivity contribution < 1.29 is 9.59 Å². The van der Waals surface area contributed by atoms with Gasteiger partial charge in [0.15, 0.2) is 11.7 Å². The van der Waals surface area contributed by atoms with Gasteiger partial charge in [0.25, 0.3) is 0 Å². The summed E-state index contributed by atoms with van der Waals surface area (Å²) in [6.07, 6.45) is 0.883. The molecule has 0 aliphatic carbocycles. The molecule has 0 saturated heterocycles. The summed E-state index contributed by atoms with van der Waals surface area (Å²) in [4.78, 5) is 28.8. The largest absolute Gasteiger partial charge is 0.398 e. The predicted molar refractivity (Wildman–Crippen MR) is 111 cm³/mol. The Hall–Kier alpha value is -2.84. The second-order valence-electron chi connectivity index (χ2n) is 5.89. The van der Waals surface area contributed by atoms with E-state index >= 15 is 0 Å². The van der Waals surface area contributed by atoms with Gasteiger partial charge >= 0.3 is 0 Å². The lowest BCUT2D eigenvalue weighted by molar-refractivity contribution is -0.120. The molecule has 146 valence electrons. The van der Waals surface area contributed by atoms with Gasteiger partial charge in [-0.3, -0.25) is 14.6 Å². The highest BCUT2D eigenvalue weighted by Crippen LogP contribution is 2.26. The van der Waals surface area contributed by atoms with E-state index in [-0.39, 0.29) is 30.7 Å². The Morgan fingerprint density at radius 1 is 1.11 bits per heavy atom. The second-order valence-corrected chi connectivity index (χ2v) is 5.89. The Morgan fingerprint density at radius 3 is 2.48 bits per heavy atom. The van der Waals surface area contributed by atoms with Gasteiger partial charge in [0.05, 0.1) is 18.2 Å². The fourth-order valence-corrected chi connectivity index (χ4v) is 2.76. The number of guanidine groups is 1. The molecule has 0 aromatic heterocycles. The molecule has 0 aliphatic rings. The third-order valence-electron chi connectivity index (χ3n) is 3.99. The molecule has 9 N–H and O–H groups in total. The second kappa shape index (κ2) is 10.3. The molecule has 0 radical (unpaired) electrons.